The molecule has 8 heteroatoms. The second-order valence-electron chi connectivity index (χ2n) is 5.10. The lowest BCUT2D eigenvalue weighted by Crippen LogP contribution is -2.26. The van der Waals surface area contributed by atoms with Gasteiger partial charge in [-0.15, -0.1) is 10.2 Å². The van der Waals surface area contributed by atoms with Crippen molar-refractivity contribution >= 4 is 23.4 Å². The normalized spacial score (nSPS) is 10.2. The van der Waals surface area contributed by atoms with Crippen LogP contribution in [0.5, 0.6) is 0 Å². The molecular formula is C17H20N4O4. The molecule has 25 heavy (non-hydrogen) atoms. The number of rotatable bonds is 8. The van der Waals surface area contributed by atoms with E-state index in [1.165, 1.54) is 7.11 Å². The monoisotopic (exact) mass is 344 g/mol. The predicted octanol–water partition coefficient (Wildman–Crippen LogP) is 1.77. The number of methoxy groups -OCH3 is 2. The Bertz CT molecular complexity index is 702. The highest BCUT2D eigenvalue weighted by molar-refractivity contribution is 5.92. The molecule has 0 aliphatic rings. The van der Waals surface area contributed by atoms with Crippen LogP contribution in [0.15, 0.2) is 36.4 Å². The van der Waals surface area contributed by atoms with Crippen molar-refractivity contribution in [1.82, 2.24) is 15.5 Å². The first kappa shape index (κ1) is 18.3. The van der Waals surface area contributed by atoms with Crippen LogP contribution < -0.4 is 10.6 Å². The number of aromatic nitrogens is 2. The molecule has 0 unspecified atom stereocenters. The van der Waals surface area contributed by atoms with Crippen LogP contribution >= 0.6 is 0 Å². The van der Waals surface area contributed by atoms with E-state index in [1.807, 2.05) is 0 Å². The van der Waals surface area contributed by atoms with Gasteiger partial charge in [-0.1, -0.05) is 0 Å². The Labute approximate surface area is 145 Å². The minimum Gasteiger partial charge on any atom is -0.465 e. The second-order valence-corrected chi connectivity index (χ2v) is 5.10. The number of esters is 1. The number of nitrogens with one attached hydrogen (secondary N) is 2. The molecule has 0 fully saturated rings. The van der Waals surface area contributed by atoms with E-state index < -0.39 is 5.97 Å². The molecule has 0 radical (unpaired) electrons. The first-order valence-corrected chi connectivity index (χ1v) is 7.70. The van der Waals surface area contributed by atoms with Crippen LogP contribution in [-0.2, 0) is 9.47 Å². The summed E-state index contributed by atoms with van der Waals surface area (Å²) in [5.74, 6) is -0.188. The van der Waals surface area contributed by atoms with E-state index in [0.717, 1.165) is 12.1 Å². The average molecular weight is 344 g/mol. The van der Waals surface area contributed by atoms with Gasteiger partial charge in [-0.3, -0.25) is 4.79 Å². The third kappa shape index (κ3) is 5.54. The number of nitrogens with zero attached hydrogens (tertiary/aromatic N) is 2. The van der Waals surface area contributed by atoms with E-state index in [0.29, 0.717) is 24.5 Å². The van der Waals surface area contributed by atoms with Gasteiger partial charge in [0.25, 0.3) is 5.91 Å². The van der Waals surface area contributed by atoms with E-state index in [-0.39, 0.29) is 11.6 Å². The van der Waals surface area contributed by atoms with Crippen LogP contribution in [0.3, 0.4) is 0 Å². The van der Waals surface area contributed by atoms with Gasteiger partial charge in [0, 0.05) is 25.9 Å². The maximum absolute atomic E-state index is 11.9. The quantitative estimate of drug-likeness (QED) is 0.556. The summed E-state index contributed by atoms with van der Waals surface area (Å²) in [5, 5.41) is 13.7. The standard InChI is InChI=1S/C17H20N4O4/c1-24-11-3-10-18-16(22)14-8-9-15(21-20-14)19-13-6-4-12(5-7-13)17(23)25-2/h4-9H,3,10-11H2,1-2H3,(H,18,22)(H,19,21). The van der Waals surface area contributed by atoms with Crippen LogP contribution in [0, 0.1) is 0 Å². The van der Waals surface area contributed by atoms with Crippen LogP contribution in [-0.4, -0.2) is 49.4 Å². The highest BCUT2D eigenvalue weighted by Gasteiger charge is 2.08. The summed E-state index contributed by atoms with van der Waals surface area (Å²) in [6.45, 7) is 1.10. The van der Waals surface area contributed by atoms with E-state index in [4.69, 9.17) is 4.74 Å². The Balaban J connectivity index is 1.91. The van der Waals surface area contributed by atoms with Crippen molar-refractivity contribution in [2.75, 3.05) is 32.7 Å². The van der Waals surface area contributed by atoms with Crippen molar-refractivity contribution in [2.45, 2.75) is 6.42 Å². The fraction of sp³-hybridized carbons (Fsp3) is 0.294. The number of carbonyl (C=O) groups excluding carboxylic acids is 2. The SMILES string of the molecule is COCCCNC(=O)c1ccc(Nc2ccc(C(=O)OC)cc2)nn1. The maximum atomic E-state index is 11.9. The molecule has 0 atom stereocenters. The number of benzene rings is 1. The van der Waals surface area contributed by atoms with E-state index in [1.54, 1.807) is 43.5 Å². The van der Waals surface area contributed by atoms with Gasteiger partial charge in [0.05, 0.1) is 12.7 Å². The van der Waals surface area contributed by atoms with Gasteiger partial charge in [0.2, 0.25) is 0 Å². The van der Waals surface area contributed by atoms with Gasteiger partial charge in [-0.25, -0.2) is 4.79 Å². The molecule has 0 aliphatic carbocycles. The molecule has 1 aromatic carbocycles. The summed E-state index contributed by atoms with van der Waals surface area (Å²) in [5.41, 5.74) is 1.43. The van der Waals surface area contributed by atoms with Gasteiger partial charge < -0.3 is 20.1 Å². The number of amides is 1. The van der Waals surface area contributed by atoms with Crippen molar-refractivity contribution in [2.24, 2.45) is 0 Å². The molecule has 2 rings (SSSR count). The van der Waals surface area contributed by atoms with Gasteiger partial charge in [0.15, 0.2) is 11.5 Å². The number of hydrogen-bond donors (Lipinski definition) is 2. The first-order valence-electron chi connectivity index (χ1n) is 7.70. The van der Waals surface area contributed by atoms with Crippen LogP contribution in [0.4, 0.5) is 11.5 Å². The van der Waals surface area contributed by atoms with Crippen LogP contribution in [0.2, 0.25) is 0 Å². The zero-order chi connectivity index (χ0) is 18.1. The number of ether oxygens (including phenoxy) is 2. The molecule has 1 aromatic heterocycles. The molecule has 0 aliphatic heterocycles. The lowest BCUT2D eigenvalue weighted by atomic mass is 10.2. The minimum absolute atomic E-state index is 0.240. The highest BCUT2D eigenvalue weighted by Crippen LogP contribution is 2.15. The Morgan fingerprint density at radius 2 is 1.80 bits per heavy atom. The zero-order valence-corrected chi connectivity index (χ0v) is 14.1. The number of anilines is 2. The van der Waals surface area contributed by atoms with Gasteiger partial charge >= 0.3 is 5.97 Å². The average Bonchev–Trinajstić information content (AvgIpc) is 2.65. The second kappa shape index (κ2) is 9.33. The van der Waals surface area contributed by atoms with Crippen molar-refractivity contribution in [3.63, 3.8) is 0 Å². The predicted molar refractivity (Wildman–Crippen MR) is 91.9 cm³/mol. The first-order chi connectivity index (χ1) is 12.1. The Hall–Kier alpha value is -3.00. The molecule has 0 saturated heterocycles. The Morgan fingerprint density at radius 3 is 2.40 bits per heavy atom. The Morgan fingerprint density at radius 1 is 1.04 bits per heavy atom. The molecule has 0 saturated carbocycles. The fourth-order valence-electron chi connectivity index (χ4n) is 1.98. The van der Waals surface area contributed by atoms with Crippen molar-refractivity contribution < 1.29 is 19.1 Å². The molecule has 1 amide bonds. The van der Waals surface area contributed by atoms with Crippen molar-refractivity contribution in [1.29, 1.82) is 0 Å². The summed E-state index contributed by atoms with van der Waals surface area (Å²) in [6.07, 6.45) is 0.733. The summed E-state index contributed by atoms with van der Waals surface area (Å²) in [4.78, 5) is 23.3. The van der Waals surface area contributed by atoms with E-state index in [9.17, 15) is 9.59 Å². The summed E-state index contributed by atoms with van der Waals surface area (Å²) < 4.78 is 9.56. The lowest BCUT2D eigenvalue weighted by Gasteiger charge is -2.07. The zero-order valence-electron chi connectivity index (χ0n) is 14.1. The van der Waals surface area contributed by atoms with E-state index >= 15 is 0 Å². The topological polar surface area (TPSA) is 102 Å². The third-order valence-corrected chi connectivity index (χ3v) is 3.29. The summed E-state index contributed by atoms with van der Waals surface area (Å²) in [6, 6.07) is 9.98. The fourth-order valence-corrected chi connectivity index (χ4v) is 1.98. The summed E-state index contributed by atoms with van der Waals surface area (Å²) in [7, 11) is 2.95. The Kier molecular flexibility index (Phi) is 6.85. The lowest BCUT2D eigenvalue weighted by molar-refractivity contribution is 0.0600. The molecule has 1 heterocycles. The smallest absolute Gasteiger partial charge is 0.337 e. The summed E-state index contributed by atoms with van der Waals surface area (Å²) >= 11 is 0. The molecule has 132 valence electrons. The van der Waals surface area contributed by atoms with Gasteiger partial charge in [-0.05, 0) is 42.8 Å². The molecule has 0 spiro atoms. The highest BCUT2D eigenvalue weighted by atomic mass is 16.5. The van der Waals surface area contributed by atoms with Crippen LogP contribution in [0.25, 0.3) is 0 Å². The third-order valence-electron chi connectivity index (χ3n) is 3.29. The molecule has 2 N–H and O–H groups in total. The maximum Gasteiger partial charge on any atom is 0.337 e. The van der Waals surface area contributed by atoms with Gasteiger partial charge in [-0.2, -0.15) is 0 Å². The molecule has 2 aromatic rings. The van der Waals surface area contributed by atoms with E-state index in [2.05, 4.69) is 25.6 Å². The molecule has 0 bridgehead atoms. The molecule has 8 nitrogen and oxygen atoms in total. The number of hydrogen-bond acceptors (Lipinski definition) is 7. The van der Waals surface area contributed by atoms with Crippen molar-refractivity contribution in [3.8, 4) is 0 Å². The van der Waals surface area contributed by atoms with Gasteiger partial charge in [0.1, 0.15) is 0 Å². The largest absolute Gasteiger partial charge is 0.465 e. The van der Waals surface area contributed by atoms with Crippen LogP contribution in [0.1, 0.15) is 27.3 Å². The number of carbonyl (C=O) groups is 2. The minimum atomic E-state index is -0.396. The van der Waals surface area contributed by atoms with Crippen molar-refractivity contribution in [3.05, 3.63) is 47.7 Å². The molecular weight excluding hydrogens is 324 g/mol.